The van der Waals surface area contributed by atoms with Crippen molar-refractivity contribution in [3.63, 3.8) is 0 Å². The van der Waals surface area contributed by atoms with Gasteiger partial charge in [0.25, 0.3) is 5.91 Å². The van der Waals surface area contributed by atoms with Gasteiger partial charge in [0.2, 0.25) is 5.91 Å². The lowest BCUT2D eigenvalue weighted by Crippen LogP contribution is -2.51. The number of hydrogen-bond donors (Lipinski definition) is 3. The van der Waals surface area contributed by atoms with Crippen LogP contribution in [0.3, 0.4) is 0 Å². The Kier molecular flexibility index (Phi) is 5.21. The third-order valence-corrected chi connectivity index (χ3v) is 4.61. The van der Waals surface area contributed by atoms with E-state index in [-0.39, 0.29) is 17.8 Å². The molecule has 1 aromatic carbocycles. The highest BCUT2D eigenvalue weighted by molar-refractivity contribution is 5.98. The smallest absolute Gasteiger partial charge is 0.319 e. The Hall–Kier alpha value is -2.57. The highest BCUT2D eigenvalue weighted by atomic mass is 16.2. The third kappa shape index (κ3) is 4.29. The first-order chi connectivity index (χ1) is 12.1. The van der Waals surface area contributed by atoms with Crippen LogP contribution in [-0.4, -0.2) is 48.4 Å². The van der Waals surface area contributed by atoms with Gasteiger partial charge in [0.1, 0.15) is 6.04 Å². The Labute approximate surface area is 147 Å². The number of likely N-dealkylation sites (N-methyl/N-ethyl adjacent to an activating group) is 1. The maximum atomic E-state index is 12.8. The molecule has 0 radical (unpaired) electrons. The lowest BCUT2D eigenvalue weighted by atomic mass is 10.00. The van der Waals surface area contributed by atoms with Crippen LogP contribution in [0, 0.1) is 0 Å². The van der Waals surface area contributed by atoms with Crippen LogP contribution in [0.5, 0.6) is 0 Å². The minimum atomic E-state index is -0.409. The van der Waals surface area contributed by atoms with E-state index < -0.39 is 6.04 Å². The number of carbonyl (C=O) groups excluding carboxylic acids is 3. The summed E-state index contributed by atoms with van der Waals surface area (Å²) in [4.78, 5) is 38.2. The Morgan fingerprint density at radius 2 is 1.76 bits per heavy atom. The second-order valence-electron chi connectivity index (χ2n) is 6.57. The summed E-state index contributed by atoms with van der Waals surface area (Å²) in [5.74, 6) is -0.273. The quantitative estimate of drug-likeness (QED) is 0.777. The van der Waals surface area contributed by atoms with Crippen molar-refractivity contribution < 1.29 is 14.4 Å². The standard InChI is InChI=1S/C18H24N4O3/c1-19-16(23)15-4-2-3-11-22(15)17(24)12-5-7-13(8-6-12)20-18(25)21-14-9-10-14/h5-8,14-15H,2-4,9-11H2,1H3,(H,19,23)(H2,20,21,25). The molecule has 3 N–H and O–H groups in total. The highest BCUT2D eigenvalue weighted by Gasteiger charge is 2.32. The molecule has 7 heteroatoms. The van der Waals surface area contributed by atoms with E-state index in [0.717, 1.165) is 25.7 Å². The molecule has 1 saturated heterocycles. The Morgan fingerprint density at radius 1 is 1.04 bits per heavy atom. The van der Waals surface area contributed by atoms with Gasteiger partial charge >= 0.3 is 6.03 Å². The lowest BCUT2D eigenvalue weighted by Gasteiger charge is -2.34. The van der Waals surface area contributed by atoms with Crippen molar-refractivity contribution in [3.8, 4) is 0 Å². The summed E-state index contributed by atoms with van der Waals surface area (Å²) in [5, 5.41) is 8.24. The summed E-state index contributed by atoms with van der Waals surface area (Å²) in [5.41, 5.74) is 1.15. The molecule has 1 unspecified atom stereocenters. The number of anilines is 1. The van der Waals surface area contributed by atoms with E-state index in [9.17, 15) is 14.4 Å². The molecule has 25 heavy (non-hydrogen) atoms. The molecular formula is C18H24N4O3. The third-order valence-electron chi connectivity index (χ3n) is 4.61. The van der Waals surface area contributed by atoms with Crippen LogP contribution >= 0.6 is 0 Å². The minimum Gasteiger partial charge on any atom is -0.357 e. The average molecular weight is 344 g/mol. The van der Waals surface area contributed by atoms with Crippen LogP contribution in [0.25, 0.3) is 0 Å². The molecule has 0 spiro atoms. The van der Waals surface area contributed by atoms with Gasteiger partial charge in [0, 0.05) is 30.9 Å². The number of nitrogens with zero attached hydrogens (tertiary/aromatic N) is 1. The number of piperidine rings is 1. The molecule has 1 atom stereocenters. The summed E-state index contributed by atoms with van der Waals surface area (Å²) in [6.07, 6.45) is 4.60. The monoisotopic (exact) mass is 344 g/mol. The number of benzene rings is 1. The SMILES string of the molecule is CNC(=O)C1CCCCN1C(=O)c1ccc(NC(=O)NC2CC2)cc1. The van der Waals surface area contributed by atoms with Crippen molar-refractivity contribution in [2.24, 2.45) is 0 Å². The average Bonchev–Trinajstić information content (AvgIpc) is 3.45. The van der Waals surface area contributed by atoms with Crippen molar-refractivity contribution in [1.29, 1.82) is 0 Å². The zero-order chi connectivity index (χ0) is 17.8. The van der Waals surface area contributed by atoms with Gasteiger partial charge in [-0.05, 0) is 56.4 Å². The summed E-state index contributed by atoms with van der Waals surface area (Å²) in [6, 6.07) is 6.44. The van der Waals surface area contributed by atoms with E-state index >= 15 is 0 Å². The molecule has 1 aromatic rings. The highest BCUT2D eigenvalue weighted by Crippen LogP contribution is 2.21. The van der Waals surface area contributed by atoms with Crippen molar-refractivity contribution in [2.75, 3.05) is 18.9 Å². The van der Waals surface area contributed by atoms with E-state index in [4.69, 9.17) is 0 Å². The number of likely N-dealkylation sites (tertiary alicyclic amines) is 1. The van der Waals surface area contributed by atoms with Crippen LogP contribution in [0.15, 0.2) is 24.3 Å². The molecule has 2 aliphatic rings. The number of nitrogens with one attached hydrogen (secondary N) is 3. The maximum Gasteiger partial charge on any atom is 0.319 e. The van der Waals surface area contributed by atoms with E-state index in [1.807, 2.05) is 0 Å². The summed E-state index contributed by atoms with van der Waals surface area (Å²) in [6.45, 7) is 0.584. The number of rotatable bonds is 4. The molecular weight excluding hydrogens is 320 g/mol. The Morgan fingerprint density at radius 3 is 2.40 bits per heavy atom. The van der Waals surface area contributed by atoms with Gasteiger partial charge in [-0.2, -0.15) is 0 Å². The molecule has 1 saturated carbocycles. The fraction of sp³-hybridized carbons (Fsp3) is 0.500. The van der Waals surface area contributed by atoms with Crippen LogP contribution < -0.4 is 16.0 Å². The molecule has 134 valence electrons. The van der Waals surface area contributed by atoms with E-state index in [2.05, 4.69) is 16.0 Å². The number of urea groups is 1. The van der Waals surface area contributed by atoms with Gasteiger partial charge in [0.05, 0.1) is 0 Å². The lowest BCUT2D eigenvalue weighted by molar-refractivity contribution is -0.126. The normalized spacial score (nSPS) is 19.9. The molecule has 1 aliphatic carbocycles. The van der Waals surface area contributed by atoms with Gasteiger partial charge in [-0.1, -0.05) is 0 Å². The first-order valence-electron chi connectivity index (χ1n) is 8.78. The molecule has 4 amide bonds. The number of carbonyl (C=O) groups is 3. The van der Waals surface area contributed by atoms with Crippen LogP contribution in [-0.2, 0) is 4.79 Å². The molecule has 1 heterocycles. The first-order valence-corrected chi connectivity index (χ1v) is 8.78. The van der Waals surface area contributed by atoms with Gasteiger partial charge in [-0.15, -0.1) is 0 Å². The number of amides is 4. The Balaban J connectivity index is 1.64. The largest absolute Gasteiger partial charge is 0.357 e. The number of hydrogen-bond acceptors (Lipinski definition) is 3. The van der Waals surface area contributed by atoms with Gasteiger partial charge in [-0.25, -0.2) is 4.79 Å². The van der Waals surface area contributed by atoms with Crippen LogP contribution in [0.2, 0.25) is 0 Å². The molecule has 7 nitrogen and oxygen atoms in total. The molecule has 0 bridgehead atoms. The fourth-order valence-corrected chi connectivity index (χ4v) is 3.06. The van der Waals surface area contributed by atoms with E-state index in [0.29, 0.717) is 30.3 Å². The molecule has 2 fully saturated rings. The molecule has 3 rings (SSSR count). The second-order valence-corrected chi connectivity index (χ2v) is 6.57. The second kappa shape index (κ2) is 7.55. The first kappa shape index (κ1) is 17.3. The topological polar surface area (TPSA) is 90.5 Å². The fourth-order valence-electron chi connectivity index (χ4n) is 3.06. The van der Waals surface area contributed by atoms with Crippen molar-refractivity contribution in [1.82, 2.24) is 15.5 Å². The predicted molar refractivity (Wildman–Crippen MR) is 94.4 cm³/mol. The van der Waals surface area contributed by atoms with Crippen LogP contribution in [0.1, 0.15) is 42.5 Å². The van der Waals surface area contributed by atoms with E-state index in [1.54, 1.807) is 36.2 Å². The zero-order valence-corrected chi connectivity index (χ0v) is 14.4. The summed E-state index contributed by atoms with van der Waals surface area (Å²) in [7, 11) is 1.59. The van der Waals surface area contributed by atoms with Gasteiger partial charge in [-0.3, -0.25) is 9.59 Å². The Bertz CT molecular complexity index is 655. The molecule has 1 aliphatic heterocycles. The molecule has 0 aromatic heterocycles. The summed E-state index contributed by atoms with van der Waals surface area (Å²) >= 11 is 0. The van der Waals surface area contributed by atoms with Crippen LogP contribution in [0.4, 0.5) is 10.5 Å². The summed E-state index contributed by atoms with van der Waals surface area (Å²) < 4.78 is 0. The van der Waals surface area contributed by atoms with Crippen molar-refractivity contribution in [3.05, 3.63) is 29.8 Å². The maximum absolute atomic E-state index is 12.8. The van der Waals surface area contributed by atoms with Gasteiger partial charge < -0.3 is 20.9 Å². The minimum absolute atomic E-state index is 0.122. The predicted octanol–water partition coefficient (Wildman–Crippen LogP) is 1.71. The van der Waals surface area contributed by atoms with Gasteiger partial charge in [0.15, 0.2) is 0 Å². The van der Waals surface area contributed by atoms with Crippen molar-refractivity contribution in [2.45, 2.75) is 44.2 Å². The zero-order valence-electron chi connectivity index (χ0n) is 14.4. The van der Waals surface area contributed by atoms with Crippen molar-refractivity contribution >= 4 is 23.5 Å². The van der Waals surface area contributed by atoms with E-state index in [1.165, 1.54) is 0 Å².